The first-order valence-corrected chi connectivity index (χ1v) is 11.0. The number of carbonyl (C=O) groups excluding carboxylic acids is 1. The number of alkyl halides is 3. The average molecular weight is 533 g/mol. The monoisotopic (exact) mass is 532 g/mol. The van der Waals surface area contributed by atoms with Crippen LogP contribution in [0.4, 0.5) is 52.6 Å². The molecule has 0 bridgehead atoms. The van der Waals surface area contributed by atoms with E-state index in [4.69, 9.17) is 11.6 Å². The zero-order chi connectivity index (χ0) is 26.7. The van der Waals surface area contributed by atoms with Crippen LogP contribution < -0.4 is 21.3 Å². The largest absolute Gasteiger partial charge is 0.492 e. The second kappa shape index (κ2) is 10.2. The molecule has 2 heterocycles. The minimum atomic E-state index is -4.65. The molecule has 2 aromatic heterocycles. The maximum atomic E-state index is 13.1. The number of H-pyrrole nitrogens is 1. The van der Waals surface area contributed by atoms with Gasteiger partial charge in [-0.15, -0.1) is 5.10 Å². The SMILES string of the molecule is Cc1cc(Nc2cc(O)n[nH]2)nc(Nc2ccc(NC(=O)Nc3ccc(Cl)c(C(F)(F)F)c3)cc2C)n1. The van der Waals surface area contributed by atoms with E-state index in [9.17, 15) is 23.1 Å². The number of aromatic amines is 1. The molecule has 0 unspecified atom stereocenters. The van der Waals surface area contributed by atoms with Gasteiger partial charge in [-0.1, -0.05) is 11.6 Å². The van der Waals surface area contributed by atoms with Crippen molar-refractivity contribution < 1.29 is 23.1 Å². The number of urea groups is 1. The van der Waals surface area contributed by atoms with Crippen LogP contribution in [0.2, 0.25) is 5.02 Å². The molecular weight excluding hydrogens is 513 g/mol. The molecule has 0 fully saturated rings. The molecule has 14 heteroatoms. The molecule has 0 saturated carbocycles. The summed E-state index contributed by atoms with van der Waals surface area (Å²) in [6.45, 7) is 3.59. The molecule has 0 radical (unpaired) electrons. The van der Waals surface area contributed by atoms with E-state index in [2.05, 4.69) is 41.4 Å². The van der Waals surface area contributed by atoms with Crippen molar-refractivity contribution in [1.82, 2.24) is 20.2 Å². The number of rotatable bonds is 6. The number of benzene rings is 2. The lowest BCUT2D eigenvalue weighted by molar-refractivity contribution is -0.137. The van der Waals surface area contributed by atoms with Gasteiger partial charge in [0, 0.05) is 34.9 Å². The lowest BCUT2D eigenvalue weighted by atomic mass is 10.1. The third-order valence-electron chi connectivity index (χ3n) is 4.94. The summed E-state index contributed by atoms with van der Waals surface area (Å²) in [5.74, 6) is 1.04. The van der Waals surface area contributed by atoms with E-state index in [1.54, 1.807) is 38.1 Å². The van der Waals surface area contributed by atoms with Gasteiger partial charge < -0.3 is 26.4 Å². The van der Waals surface area contributed by atoms with Crippen LogP contribution in [0.5, 0.6) is 5.88 Å². The maximum Gasteiger partial charge on any atom is 0.417 e. The fourth-order valence-corrected chi connectivity index (χ4v) is 3.54. The second-order valence-electron chi connectivity index (χ2n) is 7.91. The quantitative estimate of drug-likeness (QED) is 0.170. The zero-order valence-corrected chi connectivity index (χ0v) is 20.1. The van der Waals surface area contributed by atoms with Gasteiger partial charge in [-0.25, -0.2) is 9.78 Å². The van der Waals surface area contributed by atoms with Gasteiger partial charge in [-0.3, -0.25) is 5.10 Å². The molecule has 0 aliphatic carbocycles. The summed E-state index contributed by atoms with van der Waals surface area (Å²) in [6, 6.07) is 10.5. The van der Waals surface area contributed by atoms with Crippen LogP contribution in [-0.2, 0) is 6.18 Å². The van der Waals surface area contributed by atoms with Gasteiger partial charge in [0.05, 0.1) is 10.6 Å². The Morgan fingerprint density at radius 3 is 2.32 bits per heavy atom. The maximum absolute atomic E-state index is 13.1. The fraction of sp³-hybridized carbons (Fsp3) is 0.130. The third kappa shape index (κ3) is 6.58. The van der Waals surface area contributed by atoms with Crippen LogP contribution in [0, 0.1) is 13.8 Å². The minimum Gasteiger partial charge on any atom is -0.492 e. The Kier molecular flexibility index (Phi) is 7.07. The van der Waals surface area contributed by atoms with Gasteiger partial charge in [0.2, 0.25) is 11.8 Å². The van der Waals surface area contributed by atoms with Crippen molar-refractivity contribution in [3.8, 4) is 5.88 Å². The fourth-order valence-electron chi connectivity index (χ4n) is 3.32. The molecule has 0 aliphatic heterocycles. The van der Waals surface area contributed by atoms with Gasteiger partial charge in [-0.2, -0.15) is 18.2 Å². The average Bonchev–Trinajstić information content (AvgIpc) is 3.20. The molecule has 0 spiro atoms. The van der Waals surface area contributed by atoms with Crippen molar-refractivity contribution in [3.05, 3.63) is 70.4 Å². The molecule has 6 N–H and O–H groups in total. The van der Waals surface area contributed by atoms with Crippen LogP contribution in [-0.4, -0.2) is 31.3 Å². The smallest absolute Gasteiger partial charge is 0.417 e. The molecule has 2 aromatic carbocycles. The van der Waals surface area contributed by atoms with Crippen LogP contribution in [0.1, 0.15) is 16.8 Å². The Morgan fingerprint density at radius 2 is 1.68 bits per heavy atom. The number of hydrogen-bond acceptors (Lipinski definition) is 7. The summed E-state index contributed by atoms with van der Waals surface area (Å²) in [5.41, 5.74) is 1.38. The van der Waals surface area contributed by atoms with E-state index >= 15 is 0 Å². The first kappa shape index (κ1) is 25.6. The van der Waals surface area contributed by atoms with Crippen LogP contribution in [0.3, 0.4) is 0 Å². The van der Waals surface area contributed by atoms with E-state index in [-0.39, 0.29) is 11.6 Å². The molecule has 4 rings (SSSR count). The molecule has 4 aromatic rings. The van der Waals surface area contributed by atoms with E-state index in [1.165, 1.54) is 12.1 Å². The molecule has 0 aliphatic rings. The lowest BCUT2D eigenvalue weighted by Crippen LogP contribution is -2.20. The molecule has 37 heavy (non-hydrogen) atoms. The molecular formula is C23H20ClF3N8O2. The first-order valence-electron chi connectivity index (χ1n) is 10.7. The molecule has 2 amide bonds. The summed E-state index contributed by atoms with van der Waals surface area (Å²) < 4.78 is 39.2. The Morgan fingerprint density at radius 1 is 0.973 bits per heavy atom. The second-order valence-corrected chi connectivity index (χ2v) is 8.32. The predicted molar refractivity (Wildman–Crippen MR) is 134 cm³/mol. The Hall–Kier alpha value is -4.52. The first-order chi connectivity index (χ1) is 17.5. The number of nitrogens with one attached hydrogen (secondary N) is 5. The summed E-state index contributed by atoms with van der Waals surface area (Å²) in [5, 5.41) is 26.2. The van der Waals surface area contributed by atoms with Crippen molar-refractivity contribution >= 4 is 52.3 Å². The summed E-state index contributed by atoms with van der Waals surface area (Å²) >= 11 is 5.61. The number of halogens is 4. The van der Waals surface area contributed by atoms with Crippen LogP contribution in [0.25, 0.3) is 0 Å². The Labute approximate surface area is 213 Å². The Balaban J connectivity index is 1.43. The molecule has 192 valence electrons. The van der Waals surface area contributed by atoms with Gasteiger partial charge >= 0.3 is 12.2 Å². The number of hydrogen-bond donors (Lipinski definition) is 6. The summed E-state index contributed by atoms with van der Waals surface area (Å²) in [6.07, 6.45) is -4.65. The number of aryl methyl sites for hydroxylation is 2. The highest BCUT2D eigenvalue weighted by Crippen LogP contribution is 2.36. The minimum absolute atomic E-state index is 0.0596. The van der Waals surface area contributed by atoms with Crippen molar-refractivity contribution in [3.63, 3.8) is 0 Å². The van der Waals surface area contributed by atoms with Crippen molar-refractivity contribution in [2.45, 2.75) is 20.0 Å². The van der Waals surface area contributed by atoms with Crippen molar-refractivity contribution in [2.75, 3.05) is 21.3 Å². The molecule has 0 atom stereocenters. The predicted octanol–water partition coefficient (Wildman–Crippen LogP) is 6.33. The highest BCUT2D eigenvalue weighted by molar-refractivity contribution is 6.31. The van der Waals surface area contributed by atoms with E-state index in [1.807, 2.05) is 0 Å². The normalized spacial score (nSPS) is 11.2. The van der Waals surface area contributed by atoms with Gasteiger partial charge in [-0.05, 0) is 55.8 Å². The van der Waals surface area contributed by atoms with E-state index < -0.39 is 22.8 Å². The Bertz CT molecular complexity index is 1460. The van der Waals surface area contributed by atoms with Crippen molar-refractivity contribution in [2.24, 2.45) is 0 Å². The van der Waals surface area contributed by atoms with E-state index in [0.29, 0.717) is 34.7 Å². The summed E-state index contributed by atoms with van der Waals surface area (Å²) in [4.78, 5) is 21.1. The van der Waals surface area contributed by atoms with Gasteiger partial charge in [0.1, 0.15) is 11.6 Å². The lowest BCUT2D eigenvalue weighted by Gasteiger charge is -2.14. The highest BCUT2D eigenvalue weighted by Gasteiger charge is 2.33. The topological polar surface area (TPSA) is 140 Å². The number of carbonyl (C=O) groups is 1. The van der Waals surface area contributed by atoms with Gasteiger partial charge in [0.15, 0.2) is 0 Å². The molecule has 0 saturated heterocycles. The number of amides is 2. The van der Waals surface area contributed by atoms with E-state index in [0.717, 1.165) is 17.7 Å². The molecule has 10 nitrogen and oxygen atoms in total. The summed E-state index contributed by atoms with van der Waals surface area (Å²) in [7, 11) is 0. The highest BCUT2D eigenvalue weighted by atomic mass is 35.5. The number of aromatic nitrogens is 4. The number of nitrogens with zero attached hydrogens (tertiary/aromatic N) is 3. The van der Waals surface area contributed by atoms with Gasteiger partial charge in [0.25, 0.3) is 0 Å². The van der Waals surface area contributed by atoms with Crippen molar-refractivity contribution in [1.29, 1.82) is 0 Å². The number of aromatic hydroxyl groups is 1. The van der Waals surface area contributed by atoms with Crippen LogP contribution in [0.15, 0.2) is 48.5 Å². The zero-order valence-electron chi connectivity index (χ0n) is 19.3. The standard InChI is InChI=1S/C23H20ClF3N8O2/c1-11-7-13(29-22(37)30-14-3-5-16(24)15(9-14)23(25,26)27)4-6-17(11)31-21-28-12(2)8-18(33-21)32-19-10-20(36)35-34-19/h3-10H,1-2H3,(H2,29,30,37)(H4,28,31,32,33,34,35,36). The third-order valence-corrected chi connectivity index (χ3v) is 5.27. The number of anilines is 6. The van der Waals surface area contributed by atoms with Crippen LogP contribution >= 0.6 is 11.6 Å².